The summed E-state index contributed by atoms with van der Waals surface area (Å²) in [5.41, 5.74) is 13.1. The summed E-state index contributed by atoms with van der Waals surface area (Å²) in [6.07, 6.45) is 0.919. The van der Waals surface area contributed by atoms with E-state index in [1.165, 1.54) is 16.7 Å². The molecular weight excluding hydrogens is 464 g/mol. The van der Waals surface area contributed by atoms with Gasteiger partial charge in [0, 0.05) is 29.8 Å². The Bertz CT molecular complexity index is 1470. The zero-order chi connectivity index (χ0) is 25.5. The molecule has 2 aliphatic rings. The molecule has 0 amide bonds. The molecule has 0 radical (unpaired) electrons. The number of para-hydroxylation sites is 2. The Labute approximate surface area is 216 Å². The molecule has 1 aliphatic carbocycles. The molecule has 0 saturated carbocycles. The van der Waals surface area contributed by atoms with Crippen LogP contribution < -0.4 is 25.3 Å². The van der Waals surface area contributed by atoms with E-state index in [4.69, 9.17) is 19.9 Å². The molecule has 0 saturated heterocycles. The van der Waals surface area contributed by atoms with Crippen molar-refractivity contribution in [2.75, 3.05) is 19.5 Å². The van der Waals surface area contributed by atoms with Crippen molar-refractivity contribution in [1.82, 2.24) is 0 Å². The average Bonchev–Trinajstić information content (AvgIpc) is 3.33. The van der Waals surface area contributed by atoms with Crippen molar-refractivity contribution < 1.29 is 19.3 Å². The van der Waals surface area contributed by atoms with Crippen LogP contribution in [0.4, 0.5) is 5.69 Å². The number of nitrogens with two attached hydrogens (primary N) is 1. The van der Waals surface area contributed by atoms with Crippen LogP contribution in [0.15, 0.2) is 78.9 Å². The largest absolute Gasteiger partial charge is 0.504 e. The number of hydrogen-bond donors (Lipinski definition) is 3. The highest BCUT2D eigenvalue weighted by molar-refractivity contribution is 5.65. The van der Waals surface area contributed by atoms with Gasteiger partial charge < -0.3 is 30.4 Å². The van der Waals surface area contributed by atoms with Crippen LogP contribution in [0.2, 0.25) is 0 Å². The van der Waals surface area contributed by atoms with Crippen molar-refractivity contribution in [2.45, 2.75) is 24.9 Å². The first-order valence-electron chi connectivity index (χ1n) is 12.5. The van der Waals surface area contributed by atoms with E-state index in [9.17, 15) is 5.11 Å². The van der Waals surface area contributed by atoms with Gasteiger partial charge in [-0.2, -0.15) is 0 Å². The number of benzene rings is 4. The highest BCUT2D eigenvalue weighted by Gasteiger charge is 2.44. The predicted octanol–water partition coefficient (Wildman–Crippen LogP) is 6.13. The van der Waals surface area contributed by atoms with Gasteiger partial charge in [-0.25, -0.2) is 0 Å². The predicted molar refractivity (Wildman–Crippen MR) is 144 cm³/mol. The molecule has 37 heavy (non-hydrogen) atoms. The number of ether oxygens (including phenoxy) is 3. The van der Waals surface area contributed by atoms with E-state index >= 15 is 0 Å². The molecule has 188 valence electrons. The fourth-order valence-corrected chi connectivity index (χ4v) is 5.93. The maximum Gasteiger partial charge on any atom is 0.169 e. The van der Waals surface area contributed by atoms with Crippen molar-refractivity contribution >= 4 is 5.69 Å². The van der Waals surface area contributed by atoms with Gasteiger partial charge in [0.05, 0.1) is 20.3 Å². The van der Waals surface area contributed by atoms with Crippen molar-refractivity contribution in [3.05, 3.63) is 107 Å². The summed E-state index contributed by atoms with van der Waals surface area (Å²) in [4.78, 5) is 0. The first-order valence-corrected chi connectivity index (χ1v) is 12.5. The van der Waals surface area contributed by atoms with Crippen LogP contribution >= 0.6 is 0 Å². The van der Waals surface area contributed by atoms with Crippen molar-refractivity contribution in [3.63, 3.8) is 0 Å². The minimum Gasteiger partial charge on any atom is -0.504 e. The van der Waals surface area contributed by atoms with E-state index in [1.807, 2.05) is 30.3 Å². The third-order valence-corrected chi connectivity index (χ3v) is 7.64. The fraction of sp³-hybridized carbons (Fsp3) is 0.226. The molecule has 3 unspecified atom stereocenters. The minimum absolute atomic E-state index is 0.0196. The SMILES string of the molecule is COc1cc(C2Nc3ccc(CN)cc3C3c4ccccc4CC23)c(Oc2ccccc2OC)cc1O. The molecule has 0 fully saturated rings. The van der Waals surface area contributed by atoms with Crippen molar-refractivity contribution in [3.8, 4) is 28.7 Å². The van der Waals surface area contributed by atoms with E-state index < -0.39 is 0 Å². The number of methoxy groups -OCH3 is 2. The summed E-state index contributed by atoms with van der Waals surface area (Å²) in [7, 11) is 3.18. The molecule has 0 bridgehead atoms. The maximum atomic E-state index is 10.7. The van der Waals surface area contributed by atoms with Crippen LogP contribution in [-0.4, -0.2) is 19.3 Å². The first-order chi connectivity index (χ1) is 18.1. The van der Waals surface area contributed by atoms with E-state index in [0.717, 1.165) is 23.2 Å². The van der Waals surface area contributed by atoms with Crippen LogP contribution in [-0.2, 0) is 13.0 Å². The molecule has 4 N–H and O–H groups in total. The van der Waals surface area contributed by atoms with Gasteiger partial charge in [-0.15, -0.1) is 0 Å². The third kappa shape index (κ3) is 3.94. The Morgan fingerprint density at radius 2 is 1.57 bits per heavy atom. The van der Waals surface area contributed by atoms with Gasteiger partial charge in [0.1, 0.15) is 5.75 Å². The van der Waals surface area contributed by atoms with Gasteiger partial charge in [-0.3, -0.25) is 0 Å². The summed E-state index contributed by atoms with van der Waals surface area (Å²) in [6, 6.07) is 26.1. The van der Waals surface area contributed by atoms with Gasteiger partial charge in [-0.05, 0) is 58.9 Å². The second-order valence-electron chi connectivity index (χ2n) is 9.61. The van der Waals surface area contributed by atoms with E-state index in [1.54, 1.807) is 20.3 Å². The second kappa shape index (κ2) is 9.37. The maximum absolute atomic E-state index is 10.7. The lowest BCUT2D eigenvalue weighted by molar-refractivity contribution is 0.355. The molecule has 6 rings (SSSR count). The van der Waals surface area contributed by atoms with Gasteiger partial charge >= 0.3 is 0 Å². The van der Waals surface area contributed by atoms with Crippen molar-refractivity contribution in [2.24, 2.45) is 11.7 Å². The summed E-state index contributed by atoms with van der Waals surface area (Å²) in [6.45, 7) is 0.502. The third-order valence-electron chi connectivity index (χ3n) is 7.64. The number of fused-ring (bicyclic) bond motifs is 5. The van der Waals surface area contributed by atoms with E-state index in [-0.39, 0.29) is 23.6 Å². The van der Waals surface area contributed by atoms with Gasteiger partial charge in [-0.1, -0.05) is 48.5 Å². The number of rotatable bonds is 6. The number of nitrogens with one attached hydrogen (secondary N) is 1. The molecule has 3 atom stereocenters. The molecule has 0 aromatic heterocycles. The van der Waals surface area contributed by atoms with Crippen LogP contribution in [0, 0.1) is 5.92 Å². The Balaban J connectivity index is 1.51. The number of anilines is 1. The molecule has 0 spiro atoms. The highest BCUT2D eigenvalue weighted by Crippen LogP contribution is 2.56. The second-order valence-corrected chi connectivity index (χ2v) is 9.61. The summed E-state index contributed by atoms with van der Waals surface area (Å²) < 4.78 is 17.5. The Morgan fingerprint density at radius 3 is 2.35 bits per heavy atom. The molecule has 6 nitrogen and oxygen atoms in total. The average molecular weight is 495 g/mol. The quantitative estimate of drug-likeness (QED) is 0.299. The van der Waals surface area contributed by atoms with E-state index in [2.05, 4.69) is 47.8 Å². The summed E-state index contributed by atoms with van der Waals surface area (Å²) in [5, 5.41) is 14.5. The molecule has 1 heterocycles. The Hall–Kier alpha value is -4.16. The van der Waals surface area contributed by atoms with E-state index in [0.29, 0.717) is 29.5 Å². The van der Waals surface area contributed by atoms with Gasteiger partial charge in [0.25, 0.3) is 0 Å². The summed E-state index contributed by atoms with van der Waals surface area (Å²) in [5.74, 6) is 2.61. The Morgan fingerprint density at radius 1 is 0.811 bits per heavy atom. The van der Waals surface area contributed by atoms with Crippen LogP contribution in [0.3, 0.4) is 0 Å². The lowest BCUT2D eigenvalue weighted by atomic mass is 9.75. The highest BCUT2D eigenvalue weighted by atomic mass is 16.5. The van der Waals surface area contributed by atoms with Crippen LogP contribution in [0.25, 0.3) is 0 Å². The molecular formula is C31H30N2O4. The zero-order valence-electron chi connectivity index (χ0n) is 20.9. The smallest absolute Gasteiger partial charge is 0.169 e. The molecule has 6 heteroatoms. The number of phenols is 1. The zero-order valence-corrected chi connectivity index (χ0v) is 20.9. The Kier molecular flexibility index (Phi) is 5.89. The lowest BCUT2D eigenvalue weighted by Crippen LogP contribution is -2.31. The molecule has 4 aromatic carbocycles. The number of phenolic OH excluding ortho intramolecular Hbond substituents is 1. The van der Waals surface area contributed by atoms with Gasteiger partial charge in [0.15, 0.2) is 23.0 Å². The summed E-state index contributed by atoms with van der Waals surface area (Å²) >= 11 is 0. The fourth-order valence-electron chi connectivity index (χ4n) is 5.93. The number of hydrogen-bond acceptors (Lipinski definition) is 6. The minimum atomic E-state index is -0.0900. The standard InChI is InChI=1S/C31H30N2O4/c1-35-26-9-5-6-10-27(26)37-28-16-25(34)29(36-2)15-22(28)31-23-14-19-7-3-4-8-20(19)30(23)21-13-18(17-32)11-12-24(21)33-31/h3-13,15-16,23,30-31,33-34H,14,17,32H2,1-2H3. The van der Waals surface area contributed by atoms with Crippen LogP contribution in [0.1, 0.15) is 39.8 Å². The molecule has 1 aliphatic heterocycles. The topological polar surface area (TPSA) is 86.0 Å². The first kappa shape index (κ1) is 23.3. The monoisotopic (exact) mass is 494 g/mol. The molecule has 4 aromatic rings. The number of aromatic hydroxyl groups is 1. The van der Waals surface area contributed by atoms with Gasteiger partial charge in [0.2, 0.25) is 0 Å². The van der Waals surface area contributed by atoms with Crippen LogP contribution in [0.5, 0.6) is 28.7 Å². The lowest BCUT2D eigenvalue weighted by Gasteiger charge is -2.39. The normalized spacial score (nSPS) is 19.3. The van der Waals surface area contributed by atoms with Crippen molar-refractivity contribution in [1.29, 1.82) is 0 Å².